The van der Waals surface area contributed by atoms with Crippen molar-refractivity contribution < 1.29 is 4.79 Å². The van der Waals surface area contributed by atoms with E-state index in [4.69, 9.17) is 0 Å². The van der Waals surface area contributed by atoms with Gasteiger partial charge in [0.2, 0.25) is 5.91 Å². The van der Waals surface area contributed by atoms with Gasteiger partial charge in [-0.2, -0.15) is 5.10 Å². The molecule has 0 atom stereocenters. The van der Waals surface area contributed by atoms with Gasteiger partial charge in [0.05, 0.1) is 11.4 Å². The molecule has 2 aromatic heterocycles. The fourth-order valence-electron chi connectivity index (χ4n) is 3.26. The summed E-state index contributed by atoms with van der Waals surface area (Å²) in [5.41, 5.74) is 2.21. The molecule has 0 unspecified atom stereocenters. The second-order valence-electron chi connectivity index (χ2n) is 6.66. The Labute approximate surface area is 171 Å². The van der Waals surface area contributed by atoms with Crippen LogP contribution >= 0.6 is 11.3 Å². The fourth-order valence-corrected chi connectivity index (χ4v) is 4.18. The number of nitrogens with one attached hydrogen (secondary N) is 1. The van der Waals surface area contributed by atoms with E-state index in [1.165, 1.54) is 22.1 Å². The molecule has 0 spiro atoms. The molecule has 7 heteroatoms. The van der Waals surface area contributed by atoms with Gasteiger partial charge in [0.1, 0.15) is 6.54 Å². The second kappa shape index (κ2) is 7.97. The Morgan fingerprint density at radius 1 is 1.10 bits per heavy atom. The van der Waals surface area contributed by atoms with Gasteiger partial charge >= 0.3 is 0 Å². The molecule has 2 aromatic carbocycles. The number of rotatable bonds is 5. The number of fused-ring (bicyclic) bond motifs is 1. The van der Waals surface area contributed by atoms with Crippen molar-refractivity contribution in [3.8, 4) is 11.3 Å². The second-order valence-corrected chi connectivity index (χ2v) is 7.87. The number of aromatic nitrogens is 3. The molecule has 0 saturated heterocycles. The number of carbonyl (C=O) groups is 1. The maximum atomic E-state index is 12.5. The van der Waals surface area contributed by atoms with Gasteiger partial charge in [0, 0.05) is 16.5 Å². The lowest BCUT2D eigenvalue weighted by Crippen LogP contribution is -2.29. The zero-order chi connectivity index (χ0) is 20.4. The molecule has 0 aliphatic heterocycles. The van der Waals surface area contributed by atoms with Gasteiger partial charge in [-0.3, -0.25) is 9.59 Å². The van der Waals surface area contributed by atoms with Crippen LogP contribution in [0.4, 0.5) is 5.13 Å². The van der Waals surface area contributed by atoms with Crippen molar-refractivity contribution in [1.29, 1.82) is 0 Å². The fraction of sp³-hybridized carbons (Fsp3) is 0.182. The molecular weight excluding hydrogens is 384 g/mol. The summed E-state index contributed by atoms with van der Waals surface area (Å²) < 4.78 is 1.19. The quantitative estimate of drug-likeness (QED) is 0.545. The standard InChI is InChI=1S/C22H20N4O2S/c1-3-18-14(2)29-22(23-18)24-20(27)13-26-21(28)12-11-19(25-26)17-10-6-8-15-7-4-5-9-16(15)17/h4-12H,3,13H2,1-2H3,(H,23,24,27). The molecule has 1 N–H and O–H groups in total. The third-order valence-electron chi connectivity index (χ3n) is 4.70. The lowest BCUT2D eigenvalue weighted by molar-refractivity contribution is -0.117. The minimum absolute atomic E-state index is 0.169. The van der Waals surface area contributed by atoms with E-state index < -0.39 is 0 Å². The van der Waals surface area contributed by atoms with Crippen molar-refractivity contribution in [2.75, 3.05) is 5.32 Å². The lowest BCUT2D eigenvalue weighted by Gasteiger charge is -2.09. The van der Waals surface area contributed by atoms with E-state index in [9.17, 15) is 9.59 Å². The molecule has 0 saturated carbocycles. The number of aryl methyl sites for hydroxylation is 2. The van der Waals surface area contributed by atoms with Crippen LogP contribution in [-0.4, -0.2) is 20.7 Å². The molecule has 0 radical (unpaired) electrons. The Morgan fingerprint density at radius 2 is 1.90 bits per heavy atom. The molecule has 2 heterocycles. The maximum Gasteiger partial charge on any atom is 0.267 e. The number of carbonyl (C=O) groups excluding carboxylic acids is 1. The molecule has 0 bridgehead atoms. The highest BCUT2D eigenvalue weighted by molar-refractivity contribution is 7.15. The zero-order valence-electron chi connectivity index (χ0n) is 16.2. The first-order valence-electron chi connectivity index (χ1n) is 9.37. The van der Waals surface area contributed by atoms with Crippen molar-refractivity contribution >= 4 is 33.1 Å². The summed E-state index contributed by atoms with van der Waals surface area (Å²) in [6.45, 7) is 3.83. The van der Waals surface area contributed by atoms with Crippen LogP contribution in [0.1, 0.15) is 17.5 Å². The number of nitrogens with zero attached hydrogens (tertiary/aromatic N) is 3. The van der Waals surface area contributed by atoms with Gasteiger partial charge < -0.3 is 5.32 Å². The molecule has 6 nitrogen and oxygen atoms in total. The zero-order valence-corrected chi connectivity index (χ0v) is 17.0. The van der Waals surface area contributed by atoms with Crippen LogP contribution in [0.15, 0.2) is 59.4 Å². The summed E-state index contributed by atoms with van der Waals surface area (Å²) in [5, 5.41) is 9.89. The van der Waals surface area contributed by atoms with Crippen molar-refractivity contribution in [3.63, 3.8) is 0 Å². The van der Waals surface area contributed by atoms with E-state index in [2.05, 4.69) is 15.4 Å². The minimum atomic E-state index is -0.328. The third kappa shape index (κ3) is 3.95. The number of benzene rings is 2. The normalized spacial score (nSPS) is 11.0. The molecule has 146 valence electrons. The third-order valence-corrected chi connectivity index (χ3v) is 5.63. The molecule has 0 aliphatic rings. The Kier molecular flexibility index (Phi) is 5.22. The lowest BCUT2D eigenvalue weighted by atomic mass is 10.0. The summed E-state index contributed by atoms with van der Waals surface area (Å²) in [6, 6.07) is 17.1. The molecule has 0 aliphatic carbocycles. The van der Waals surface area contributed by atoms with Crippen LogP contribution in [0.5, 0.6) is 0 Å². The summed E-state index contributed by atoms with van der Waals surface area (Å²) in [4.78, 5) is 30.2. The molecular formula is C22H20N4O2S. The molecule has 4 aromatic rings. The molecule has 29 heavy (non-hydrogen) atoms. The monoisotopic (exact) mass is 404 g/mol. The van der Waals surface area contributed by atoms with E-state index in [0.717, 1.165) is 33.3 Å². The largest absolute Gasteiger partial charge is 0.300 e. The van der Waals surface area contributed by atoms with E-state index in [1.54, 1.807) is 6.07 Å². The predicted molar refractivity (Wildman–Crippen MR) is 116 cm³/mol. The first-order valence-corrected chi connectivity index (χ1v) is 10.2. The van der Waals surface area contributed by atoms with Crippen molar-refractivity contribution in [3.05, 3.63) is 75.5 Å². The number of hydrogen-bond acceptors (Lipinski definition) is 5. The molecule has 1 amide bonds. The highest BCUT2D eigenvalue weighted by atomic mass is 32.1. The van der Waals surface area contributed by atoms with Gasteiger partial charge in [0.25, 0.3) is 5.56 Å². The van der Waals surface area contributed by atoms with Gasteiger partial charge in [-0.1, -0.05) is 49.4 Å². The van der Waals surface area contributed by atoms with E-state index in [0.29, 0.717) is 10.8 Å². The van der Waals surface area contributed by atoms with Gasteiger partial charge in [-0.05, 0) is 30.2 Å². The van der Waals surface area contributed by atoms with Crippen molar-refractivity contribution in [2.24, 2.45) is 0 Å². The smallest absolute Gasteiger partial charge is 0.267 e. The Balaban J connectivity index is 1.61. The van der Waals surface area contributed by atoms with Crippen molar-refractivity contribution in [1.82, 2.24) is 14.8 Å². The Hall–Kier alpha value is -3.32. The maximum absolute atomic E-state index is 12.5. The van der Waals surface area contributed by atoms with Crippen LogP contribution in [0.3, 0.4) is 0 Å². The number of hydrogen-bond donors (Lipinski definition) is 1. The van der Waals surface area contributed by atoms with Crippen molar-refractivity contribution in [2.45, 2.75) is 26.8 Å². The first-order chi connectivity index (χ1) is 14.0. The van der Waals surface area contributed by atoms with Crippen LogP contribution in [0.25, 0.3) is 22.0 Å². The van der Waals surface area contributed by atoms with Crippen LogP contribution in [0.2, 0.25) is 0 Å². The Morgan fingerprint density at radius 3 is 2.69 bits per heavy atom. The van der Waals surface area contributed by atoms with Crippen LogP contribution < -0.4 is 10.9 Å². The predicted octanol–water partition coefficient (Wildman–Crippen LogP) is 4.03. The summed E-state index contributed by atoms with van der Waals surface area (Å²) in [5.74, 6) is -0.328. The average molecular weight is 404 g/mol. The number of thiazole rings is 1. The molecule has 4 rings (SSSR count). The SMILES string of the molecule is CCc1nc(NC(=O)Cn2nc(-c3cccc4ccccc34)ccc2=O)sc1C. The summed E-state index contributed by atoms with van der Waals surface area (Å²) in [7, 11) is 0. The topological polar surface area (TPSA) is 76.9 Å². The van der Waals surface area contributed by atoms with E-state index in [1.807, 2.05) is 56.3 Å². The van der Waals surface area contributed by atoms with Crippen LogP contribution in [-0.2, 0) is 17.8 Å². The van der Waals surface area contributed by atoms with Gasteiger partial charge in [-0.15, -0.1) is 11.3 Å². The highest BCUT2D eigenvalue weighted by Gasteiger charge is 2.12. The van der Waals surface area contributed by atoms with Gasteiger partial charge in [0.15, 0.2) is 5.13 Å². The minimum Gasteiger partial charge on any atom is -0.300 e. The average Bonchev–Trinajstić information content (AvgIpc) is 3.08. The van der Waals surface area contributed by atoms with E-state index >= 15 is 0 Å². The van der Waals surface area contributed by atoms with E-state index in [-0.39, 0.29) is 18.0 Å². The summed E-state index contributed by atoms with van der Waals surface area (Å²) >= 11 is 1.43. The Bertz CT molecular complexity index is 1250. The van der Waals surface area contributed by atoms with Gasteiger partial charge in [-0.25, -0.2) is 9.67 Å². The number of anilines is 1. The van der Waals surface area contributed by atoms with Crippen LogP contribution in [0, 0.1) is 6.92 Å². The first kappa shape index (κ1) is 19.0. The molecule has 0 fully saturated rings. The summed E-state index contributed by atoms with van der Waals surface area (Å²) in [6.07, 6.45) is 0.812. The highest BCUT2D eigenvalue weighted by Crippen LogP contribution is 2.26. The number of amides is 1.